The standard InChI is InChI=1S/C16H22O3Si/c1-17-15(18-2)16(19-3)20-14-10-9-13(14)11-12-7-5-4-6-8-12/h4-9,14H,10-11,20H2,1-3H3. The van der Waals surface area contributed by atoms with E-state index in [0.717, 1.165) is 18.2 Å². The van der Waals surface area contributed by atoms with Gasteiger partial charge in [-0.2, -0.15) is 0 Å². The topological polar surface area (TPSA) is 27.7 Å². The first-order valence-corrected chi connectivity index (χ1v) is 8.38. The molecule has 0 amide bonds. The Bertz CT molecular complexity index is 488. The van der Waals surface area contributed by atoms with Gasteiger partial charge < -0.3 is 14.2 Å². The predicted molar refractivity (Wildman–Crippen MR) is 83.2 cm³/mol. The summed E-state index contributed by atoms with van der Waals surface area (Å²) in [5.41, 5.74) is 3.56. The molecule has 1 aromatic carbocycles. The zero-order chi connectivity index (χ0) is 14.4. The molecule has 0 aromatic heterocycles. The second-order valence-electron chi connectivity index (χ2n) is 4.90. The molecular formula is C16H22O3Si. The molecule has 0 bridgehead atoms. The number of rotatable bonds is 7. The largest absolute Gasteiger partial charge is 0.500 e. The van der Waals surface area contributed by atoms with E-state index >= 15 is 0 Å². The van der Waals surface area contributed by atoms with Crippen LogP contribution in [0.3, 0.4) is 0 Å². The SMILES string of the molecule is COC(OC)=C(OC)[SiH2]C1CC=C1Cc1ccccc1. The molecular weight excluding hydrogens is 268 g/mol. The van der Waals surface area contributed by atoms with Gasteiger partial charge in [-0.1, -0.05) is 42.0 Å². The third kappa shape index (κ3) is 3.45. The maximum Gasteiger partial charge on any atom is 0.312 e. The summed E-state index contributed by atoms with van der Waals surface area (Å²) in [7, 11) is 4.37. The fourth-order valence-electron chi connectivity index (χ4n) is 2.50. The smallest absolute Gasteiger partial charge is 0.312 e. The molecule has 0 heterocycles. The van der Waals surface area contributed by atoms with Crippen molar-refractivity contribution >= 4 is 9.52 Å². The molecule has 0 radical (unpaired) electrons. The van der Waals surface area contributed by atoms with E-state index in [1.807, 2.05) is 0 Å². The Morgan fingerprint density at radius 3 is 2.30 bits per heavy atom. The van der Waals surface area contributed by atoms with Crippen molar-refractivity contribution in [2.24, 2.45) is 0 Å². The van der Waals surface area contributed by atoms with Crippen molar-refractivity contribution in [1.82, 2.24) is 0 Å². The first-order valence-electron chi connectivity index (χ1n) is 6.86. The number of ether oxygens (including phenoxy) is 3. The third-order valence-electron chi connectivity index (χ3n) is 3.72. The molecule has 20 heavy (non-hydrogen) atoms. The van der Waals surface area contributed by atoms with Crippen molar-refractivity contribution in [3.05, 3.63) is 58.9 Å². The van der Waals surface area contributed by atoms with E-state index < -0.39 is 9.52 Å². The minimum atomic E-state index is -0.557. The number of benzene rings is 1. The third-order valence-corrected chi connectivity index (χ3v) is 6.02. The maximum atomic E-state index is 5.46. The fourth-order valence-corrected chi connectivity index (χ4v) is 4.47. The quantitative estimate of drug-likeness (QED) is 0.439. The molecule has 0 fully saturated rings. The molecule has 0 N–H and O–H groups in total. The molecule has 3 nitrogen and oxygen atoms in total. The zero-order valence-electron chi connectivity index (χ0n) is 12.4. The van der Waals surface area contributed by atoms with Crippen molar-refractivity contribution in [2.75, 3.05) is 21.3 Å². The van der Waals surface area contributed by atoms with E-state index in [-0.39, 0.29) is 0 Å². The van der Waals surface area contributed by atoms with Gasteiger partial charge in [-0.05, 0) is 23.9 Å². The summed E-state index contributed by atoms with van der Waals surface area (Å²) < 4.78 is 15.9. The number of allylic oxidation sites excluding steroid dienone is 2. The van der Waals surface area contributed by atoms with Crippen LogP contribution in [0.15, 0.2) is 53.3 Å². The van der Waals surface area contributed by atoms with Crippen molar-refractivity contribution in [2.45, 2.75) is 18.4 Å². The molecule has 1 aromatic rings. The van der Waals surface area contributed by atoms with Gasteiger partial charge in [0.05, 0.1) is 21.3 Å². The van der Waals surface area contributed by atoms with Gasteiger partial charge >= 0.3 is 5.95 Å². The highest BCUT2D eigenvalue weighted by atomic mass is 28.2. The molecule has 108 valence electrons. The van der Waals surface area contributed by atoms with E-state index in [4.69, 9.17) is 14.2 Å². The Morgan fingerprint density at radius 2 is 1.80 bits per heavy atom. The summed E-state index contributed by atoms with van der Waals surface area (Å²) in [6.07, 6.45) is 4.55. The van der Waals surface area contributed by atoms with Crippen LogP contribution >= 0.6 is 0 Å². The van der Waals surface area contributed by atoms with E-state index in [0.29, 0.717) is 11.5 Å². The minimum Gasteiger partial charge on any atom is -0.500 e. The van der Waals surface area contributed by atoms with E-state index in [2.05, 4.69) is 36.4 Å². The van der Waals surface area contributed by atoms with Gasteiger partial charge in [0, 0.05) is 0 Å². The Kier molecular flexibility index (Phi) is 5.29. The Labute approximate surface area is 123 Å². The normalized spacial score (nSPS) is 17.4. The molecule has 4 heteroatoms. The highest BCUT2D eigenvalue weighted by Gasteiger charge is 2.25. The summed E-state index contributed by atoms with van der Waals surface area (Å²) in [6.45, 7) is 0. The van der Waals surface area contributed by atoms with E-state index in [9.17, 15) is 0 Å². The van der Waals surface area contributed by atoms with Crippen LogP contribution < -0.4 is 0 Å². The van der Waals surface area contributed by atoms with Crippen LogP contribution in [-0.4, -0.2) is 30.8 Å². The lowest BCUT2D eigenvalue weighted by molar-refractivity contribution is 0.0753. The second-order valence-corrected chi connectivity index (χ2v) is 6.94. The van der Waals surface area contributed by atoms with Gasteiger partial charge in [-0.3, -0.25) is 0 Å². The molecule has 0 saturated heterocycles. The van der Waals surface area contributed by atoms with Crippen LogP contribution in [0.2, 0.25) is 5.54 Å². The zero-order valence-corrected chi connectivity index (χ0v) is 13.8. The first-order chi connectivity index (χ1) is 9.78. The van der Waals surface area contributed by atoms with Gasteiger partial charge in [0.2, 0.25) is 0 Å². The molecule has 1 aliphatic carbocycles. The highest BCUT2D eigenvalue weighted by molar-refractivity contribution is 6.47. The van der Waals surface area contributed by atoms with Crippen LogP contribution in [-0.2, 0) is 20.6 Å². The van der Waals surface area contributed by atoms with Gasteiger partial charge in [-0.15, -0.1) is 0 Å². The van der Waals surface area contributed by atoms with Gasteiger partial charge in [0.25, 0.3) is 0 Å². The Morgan fingerprint density at radius 1 is 1.10 bits per heavy atom. The Hall–Kier alpha value is -1.68. The number of methoxy groups -OCH3 is 3. The van der Waals surface area contributed by atoms with Crippen molar-refractivity contribution in [1.29, 1.82) is 0 Å². The summed E-state index contributed by atoms with van der Waals surface area (Å²) in [5.74, 6) is 0.533. The maximum absolute atomic E-state index is 5.46. The van der Waals surface area contributed by atoms with Crippen molar-refractivity contribution < 1.29 is 14.2 Å². The molecule has 0 aliphatic heterocycles. The lowest BCUT2D eigenvalue weighted by atomic mass is 9.92. The molecule has 1 unspecified atom stereocenters. The first kappa shape index (κ1) is 14.7. The van der Waals surface area contributed by atoms with Crippen molar-refractivity contribution in [3.8, 4) is 0 Å². The average Bonchev–Trinajstić information content (AvgIpc) is 2.49. The summed E-state index contributed by atoms with van der Waals surface area (Å²) >= 11 is 0. The lowest BCUT2D eigenvalue weighted by Gasteiger charge is -2.28. The summed E-state index contributed by atoms with van der Waals surface area (Å²) in [5, 5.41) is 0.915. The van der Waals surface area contributed by atoms with Crippen LogP contribution in [0.1, 0.15) is 12.0 Å². The highest BCUT2D eigenvalue weighted by Crippen LogP contribution is 2.36. The van der Waals surface area contributed by atoms with Crippen LogP contribution in [0.25, 0.3) is 0 Å². The molecule has 2 rings (SSSR count). The van der Waals surface area contributed by atoms with Crippen LogP contribution in [0.4, 0.5) is 0 Å². The van der Waals surface area contributed by atoms with Crippen molar-refractivity contribution in [3.63, 3.8) is 0 Å². The van der Waals surface area contributed by atoms with Gasteiger partial charge in [0.1, 0.15) is 14.9 Å². The second kappa shape index (κ2) is 7.19. The molecule has 1 aliphatic rings. The summed E-state index contributed by atoms with van der Waals surface area (Å²) in [4.78, 5) is 0. The molecule has 0 spiro atoms. The Balaban J connectivity index is 1.98. The fraction of sp³-hybridized carbons (Fsp3) is 0.375. The van der Waals surface area contributed by atoms with Crippen LogP contribution in [0, 0.1) is 0 Å². The van der Waals surface area contributed by atoms with E-state index in [1.165, 1.54) is 11.1 Å². The lowest BCUT2D eigenvalue weighted by Crippen LogP contribution is -2.19. The van der Waals surface area contributed by atoms with E-state index in [1.54, 1.807) is 21.3 Å². The minimum absolute atomic E-state index is 0.533. The van der Waals surface area contributed by atoms with Gasteiger partial charge in [-0.25, -0.2) is 0 Å². The average molecular weight is 290 g/mol. The number of hydrogen-bond donors (Lipinski definition) is 0. The monoisotopic (exact) mass is 290 g/mol. The predicted octanol–water partition coefficient (Wildman–Crippen LogP) is 2.58. The van der Waals surface area contributed by atoms with Crippen LogP contribution in [0.5, 0.6) is 0 Å². The summed E-state index contributed by atoms with van der Waals surface area (Å²) in [6, 6.07) is 10.6. The number of hydrogen-bond acceptors (Lipinski definition) is 3. The molecule has 0 saturated carbocycles. The molecule has 1 atom stereocenters. The van der Waals surface area contributed by atoms with Gasteiger partial charge in [0.15, 0.2) is 0 Å².